The Bertz CT molecular complexity index is 1340. The first-order valence-electron chi connectivity index (χ1n) is 13.4. The van der Waals surface area contributed by atoms with Crippen molar-refractivity contribution in [2.45, 2.75) is 64.2 Å². The summed E-state index contributed by atoms with van der Waals surface area (Å²) in [5, 5.41) is 10.8. The maximum Gasteiger partial charge on any atom is 0.0992 e. The Morgan fingerprint density at radius 2 is 1.86 bits per heavy atom. The molecular formula is C31H36N4. The second-order valence-corrected chi connectivity index (χ2v) is 10.9. The molecule has 4 nitrogen and oxygen atoms in total. The minimum atomic E-state index is 0.0630. The van der Waals surface area contributed by atoms with Crippen LogP contribution < -0.4 is 4.90 Å². The van der Waals surface area contributed by atoms with Crippen LogP contribution in [-0.4, -0.2) is 36.1 Å². The van der Waals surface area contributed by atoms with E-state index in [0.29, 0.717) is 0 Å². The molecule has 2 aromatic carbocycles. The van der Waals surface area contributed by atoms with Crippen molar-refractivity contribution < 1.29 is 0 Å². The number of nitriles is 1. The van der Waals surface area contributed by atoms with E-state index < -0.39 is 0 Å². The molecule has 2 aliphatic carbocycles. The average Bonchev–Trinajstić information content (AvgIpc) is 3.27. The fourth-order valence-corrected chi connectivity index (χ4v) is 7.10. The number of fused-ring (bicyclic) bond motifs is 6. The lowest BCUT2D eigenvalue weighted by Gasteiger charge is -2.44. The molecule has 1 aliphatic heterocycles. The number of nitrogens with one attached hydrogen (secondary N) is 1. The van der Waals surface area contributed by atoms with Crippen molar-refractivity contribution in [2.75, 3.05) is 31.1 Å². The number of rotatable bonds is 3. The molecule has 1 N–H and O–H groups in total. The van der Waals surface area contributed by atoms with Crippen LogP contribution in [0.25, 0.3) is 10.9 Å². The van der Waals surface area contributed by atoms with E-state index in [2.05, 4.69) is 59.5 Å². The van der Waals surface area contributed by atoms with Gasteiger partial charge in [0.25, 0.3) is 0 Å². The maximum absolute atomic E-state index is 9.47. The number of hydrogen-bond donors (Lipinski definition) is 1. The van der Waals surface area contributed by atoms with Gasteiger partial charge < -0.3 is 14.8 Å². The monoisotopic (exact) mass is 464 g/mol. The van der Waals surface area contributed by atoms with Crippen LogP contribution in [0.4, 0.5) is 5.69 Å². The van der Waals surface area contributed by atoms with Gasteiger partial charge in [-0.05, 0) is 66.6 Å². The van der Waals surface area contributed by atoms with Crippen LogP contribution in [0.5, 0.6) is 0 Å². The molecule has 1 saturated heterocycles. The van der Waals surface area contributed by atoms with E-state index in [1.165, 1.54) is 71.3 Å². The molecule has 6 rings (SSSR count). The summed E-state index contributed by atoms with van der Waals surface area (Å²) in [6.45, 7) is 12.8. The summed E-state index contributed by atoms with van der Waals surface area (Å²) >= 11 is 0. The minimum absolute atomic E-state index is 0.0630. The molecule has 3 aromatic rings. The molecule has 1 saturated carbocycles. The predicted molar refractivity (Wildman–Crippen MR) is 144 cm³/mol. The van der Waals surface area contributed by atoms with Crippen molar-refractivity contribution in [3.63, 3.8) is 0 Å². The van der Waals surface area contributed by atoms with Crippen LogP contribution in [-0.2, 0) is 18.3 Å². The van der Waals surface area contributed by atoms with Gasteiger partial charge in [-0.3, -0.25) is 0 Å². The van der Waals surface area contributed by atoms with Crippen molar-refractivity contribution in [1.82, 2.24) is 9.88 Å². The van der Waals surface area contributed by atoms with Crippen molar-refractivity contribution in [1.29, 1.82) is 5.26 Å². The normalized spacial score (nSPS) is 18.9. The van der Waals surface area contributed by atoms with Gasteiger partial charge in [0.15, 0.2) is 0 Å². The summed E-state index contributed by atoms with van der Waals surface area (Å²) in [6, 6.07) is 13.6. The molecule has 180 valence electrons. The van der Waals surface area contributed by atoms with Crippen LogP contribution in [0.3, 0.4) is 0 Å². The second-order valence-electron chi connectivity index (χ2n) is 10.9. The largest absolute Gasteiger partial charge is 0.372 e. The molecule has 35 heavy (non-hydrogen) atoms. The van der Waals surface area contributed by atoms with Crippen molar-refractivity contribution in [2.24, 2.45) is 0 Å². The predicted octanol–water partition coefficient (Wildman–Crippen LogP) is 6.41. The van der Waals surface area contributed by atoms with Gasteiger partial charge in [0.05, 0.1) is 11.6 Å². The summed E-state index contributed by atoms with van der Waals surface area (Å²) in [5.41, 5.74) is 12.0. The van der Waals surface area contributed by atoms with Gasteiger partial charge in [0.1, 0.15) is 0 Å². The molecule has 0 atom stereocenters. The molecule has 0 bridgehead atoms. The third kappa shape index (κ3) is 3.47. The summed E-state index contributed by atoms with van der Waals surface area (Å²) in [7, 11) is 0. The Morgan fingerprint density at radius 1 is 1.09 bits per heavy atom. The summed E-state index contributed by atoms with van der Waals surface area (Å²) < 4.78 is 0. The number of aromatic amines is 1. The Balaban J connectivity index is 1.49. The van der Waals surface area contributed by atoms with Gasteiger partial charge in [0, 0.05) is 66.0 Å². The average molecular weight is 465 g/mol. The van der Waals surface area contributed by atoms with E-state index in [4.69, 9.17) is 0 Å². The molecule has 2 fully saturated rings. The Labute approximate surface area is 209 Å². The first-order chi connectivity index (χ1) is 17.0. The van der Waals surface area contributed by atoms with E-state index in [9.17, 15) is 5.26 Å². The fourth-order valence-electron chi connectivity index (χ4n) is 7.10. The Hall–Kier alpha value is -3.19. The third-order valence-electron chi connectivity index (χ3n) is 8.95. The zero-order valence-corrected chi connectivity index (χ0v) is 21.2. The SMILES string of the molecule is C=C(C)N1CCN(c2cc3c(cc2CC)Cc2c([nH]c4cc(C#N)ccc24)C32CCCCC2)CC1. The highest BCUT2D eigenvalue weighted by Crippen LogP contribution is 2.52. The van der Waals surface area contributed by atoms with E-state index >= 15 is 0 Å². The maximum atomic E-state index is 9.47. The van der Waals surface area contributed by atoms with Crippen molar-refractivity contribution in [3.8, 4) is 6.07 Å². The Morgan fingerprint density at radius 3 is 2.54 bits per heavy atom. The van der Waals surface area contributed by atoms with E-state index in [1.54, 1.807) is 5.56 Å². The Kier molecular flexibility index (Phi) is 5.40. The lowest BCUT2D eigenvalue weighted by atomic mass is 9.62. The molecule has 2 heterocycles. The summed E-state index contributed by atoms with van der Waals surface area (Å²) in [6.07, 6.45) is 8.34. The number of anilines is 1. The van der Waals surface area contributed by atoms with Crippen LogP contribution in [0.2, 0.25) is 0 Å². The van der Waals surface area contributed by atoms with Gasteiger partial charge >= 0.3 is 0 Å². The fraction of sp³-hybridized carbons (Fsp3) is 0.452. The zero-order chi connectivity index (χ0) is 24.2. The van der Waals surface area contributed by atoms with E-state index in [-0.39, 0.29) is 5.41 Å². The topological polar surface area (TPSA) is 46.1 Å². The highest BCUT2D eigenvalue weighted by molar-refractivity contribution is 5.88. The molecule has 1 aromatic heterocycles. The van der Waals surface area contributed by atoms with Crippen molar-refractivity contribution >= 4 is 16.6 Å². The van der Waals surface area contributed by atoms with Crippen molar-refractivity contribution in [3.05, 3.63) is 76.1 Å². The second kappa shape index (κ2) is 8.48. The van der Waals surface area contributed by atoms with Gasteiger partial charge in [-0.1, -0.05) is 44.9 Å². The number of hydrogen-bond acceptors (Lipinski definition) is 3. The molecule has 0 unspecified atom stereocenters. The molecule has 4 heteroatoms. The lowest BCUT2D eigenvalue weighted by molar-refractivity contribution is 0.322. The number of benzene rings is 2. The van der Waals surface area contributed by atoms with Gasteiger partial charge in [-0.25, -0.2) is 0 Å². The molecule has 0 radical (unpaired) electrons. The smallest absolute Gasteiger partial charge is 0.0992 e. The standard InChI is InChI=1S/C31H36N4/c1-4-23-17-24-18-26-25-9-8-22(20-32)16-28(25)33-30(26)31(10-6-5-7-11-31)27(24)19-29(23)35-14-12-34(13-15-35)21(2)3/h8-9,16-17,19,33H,2,4-7,10-15,18H2,1,3H3. The lowest BCUT2D eigenvalue weighted by Crippen LogP contribution is -2.46. The number of nitrogens with zero attached hydrogens (tertiary/aromatic N) is 3. The van der Waals surface area contributed by atoms with Crippen LogP contribution >= 0.6 is 0 Å². The molecule has 3 aliphatic rings. The first kappa shape index (κ1) is 22.3. The molecule has 1 spiro atoms. The molecule has 0 amide bonds. The third-order valence-corrected chi connectivity index (χ3v) is 8.95. The number of allylic oxidation sites excluding steroid dienone is 1. The van der Waals surface area contributed by atoms with Crippen LogP contribution in [0.1, 0.15) is 79.5 Å². The highest BCUT2D eigenvalue weighted by Gasteiger charge is 2.44. The number of aryl methyl sites for hydroxylation is 1. The first-order valence-corrected chi connectivity index (χ1v) is 13.4. The number of H-pyrrole nitrogens is 1. The van der Waals surface area contributed by atoms with Crippen LogP contribution in [0.15, 0.2) is 42.6 Å². The van der Waals surface area contributed by atoms with Gasteiger partial charge in [-0.2, -0.15) is 5.26 Å². The highest BCUT2D eigenvalue weighted by atomic mass is 15.3. The number of piperazine rings is 1. The summed E-state index contributed by atoms with van der Waals surface area (Å²) in [5.74, 6) is 0. The minimum Gasteiger partial charge on any atom is -0.372 e. The van der Waals surface area contributed by atoms with Gasteiger partial charge in [-0.15, -0.1) is 0 Å². The quantitative estimate of drug-likeness (QED) is 0.487. The zero-order valence-electron chi connectivity index (χ0n) is 21.2. The summed E-state index contributed by atoms with van der Waals surface area (Å²) in [4.78, 5) is 8.89. The molecular weight excluding hydrogens is 428 g/mol. The van der Waals surface area contributed by atoms with Crippen LogP contribution in [0, 0.1) is 11.3 Å². The van der Waals surface area contributed by atoms with E-state index in [1.807, 2.05) is 12.1 Å². The number of aromatic nitrogens is 1. The van der Waals surface area contributed by atoms with E-state index in [0.717, 1.165) is 50.1 Å². The van der Waals surface area contributed by atoms with Gasteiger partial charge in [0.2, 0.25) is 0 Å².